The molecule has 0 spiro atoms. The Hall–Kier alpha value is -1.04. The molecule has 1 fully saturated rings. The van der Waals surface area contributed by atoms with Crippen molar-refractivity contribution in [1.82, 2.24) is 14.8 Å². The number of nitrogens with zero attached hydrogens (tertiary/aromatic N) is 3. The molecule has 1 aromatic heterocycles. The van der Waals surface area contributed by atoms with Crippen LogP contribution in [0.5, 0.6) is 0 Å². The fraction of sp³-hybridized carbons (Fsp3) is 0.800. The molecule has 0 aromatic carbocycles. The van der Waals surface area contributed by atoms with Gasteiger partial charge in [0.1, 0.15) is 5.82 Å². The molecule has 2 unspecified atom stereocenters. The first-order valence-corrected chi connectivity index (χ1v) is 8.80. The lowest BCUT2D eigenvalue weighted by Gasteiger charge is -2.31. The number of aliphatic carboxylic acids is 1. The number of carboxylic acid groups (broad SMARTS) is 1. The van der Waals surface area contributed by atoms with Crippen LogP contribution >= 0.6 is 11.8 Å². The van der Waals surface area contributed by atoms with Crippen molar-refractivity contribution in [2.45, 2.75) is 70.0 Å². The third-order valence-electron chi connectivity index (χ3n) is 4.23. The third-order valence-corrected chi connectivity index (χ3v) is 5.16. The van der Waals surface area contributed by atoms with E-state index in [1.54, 1.807) is 0 Å². The monoisotopic (exact) mass is 311 g/mol. The van der Waals surface area contributed by atoms with E-state index in [1.165, 1.54) is 31.0 Å². The van der Waals surface area contributed by atoms with Crippen molar-refractivity contribution < 1.29 is 9.90 Å². The van der Waals surface area contributed by atoms with Crippen LogP contribution in [0.3, 0.4) is 0 Å². The Morgan fingerprint density at radius 2 is 2.19 bits per heavy atom. The molecule has 1 heterocycles. The summed E-state index contributed by atoms with van der Waals surface area (Å²) in [6, 6.07) is 0.424. The topological polar surface area (TPSA) is 68.0 Å². The molecule has 5 nitrogen and oxygen atoms in total. The van der Waals surface area contributed by atoms with Crippen molar-refractivity contribution in [2.75, 3.05) is 5.75 Å². The van der Waals surface area contributed by atoms with Crippen LogP contribution in [0, 0.1) is 5.92 Å². The van der Waals surface area contributed by atoms with E-state index >= 15 is 0 Å². The average molecular weight is 311 g/mol. The van der Waals surface area contributed by atoms with Gasteiger partial charge in [-0.05, 0) is 18.8 Å². The SMILES string of the molecule is CCC1CCCC(n2c(SCC(=O)O)nnc2C(C)C)C1. The smallest absolute Gasteiger partial charge is 0.313 e. The van der Waals surface area contributed by atoms with Crippen molar-refractivity contribution >= 4 is 17.7 Å². The number of carboxylic acids is 1. The van der Waals surface area contributed by atoms with Crippen molar-refractivity contribution in [3.05, 3.63) is 5.82 Å². The second-order valence-electron chi connectivity index (χ2n) is 6.14. The van der Waals surface area contributed by atoms with E-state index in [2.05, 4.69) is 35.5 Å². The first kappa shape index (κ1) is 16.3. The third kappa shape index (κ3) is 3.99. The minimum atomic E-state index is -0.810. The summed E-state index contributed by atoms with van der Waals surface area (Å²) in [4.78, 5) is 10.8. The maximum absolute atomic E-state index is 10.8. The van der Waals surface area contributed by atoms with Crippen molar-refractivity contribution in [1.29, 1.82) is 0 Å². The van der Waals surface area contributed by atoms with E-state index in [9.17, 15) is 4.79 Å². The number of hydrogen-bond acceptors (Lipinski definition) is 4. The van der Waals surface area contributed by atoms with Gasteiger partial charge in [0.05, 0.1) is 5.75 Å². The fourth-order valence-electron chi connectivity index (χ4n) is 3.12. The minimum absolute atomic E-state index is 0.0418. The minimum Gasteiger partial charge on any atom is -0.481 e. The van der Waals surface area contributed by atoms with E-state index in [1.807, 2.05) is 0 Å². The van der Waals surface area contributed by atoms with Crippen molar-refractivity contribution in [2.24, 2.45) is 5.92 Å². The zero-order valence-electron chi connectivity index (χ0n) is 13.1. The summed E-state index contributed by atoms with van der Waals surface area (Å²) in [5, 5.41) is 18.2. The first-order valence-electron chi connectivity index (χ1n) is 7.82. The number of thioether (sulfide) groups is 1. The number of carbonyl (C=O) groups is 1. The number of hydrogen-bond donors (Lipinski definition) is 1. The van der Waals surface area contributed by atoms with E-state index in [0.717, 1.165) is 29.7 Å². The molecule has 0 saturated heterocycles. The van der Waals surface area contributed by atoms with Gasteiger partial charge >= 0.3 is 5.97 Å². The Labute approximate surface area is 130 Å². The molecule has 2 atom stereocenters. The van der Waals surface area contributed by atoms with Crippen molar-refractivity contribution in [3.63, 3.8) is 0 Å². The molecule has 0 radical (unpaired) electrons. The summed E-state index contributed by atoms with van der Waals surface area (Å²) >= 11 is 1.29. The van der Waals surface area contributed by atoms with Gasteiger partial charge in [0, 0.05) is 12.0 Å². The lowest BCUT2D eigenvalue weighted by atomic mass is 9.84. The highest BCUT2D eigenvalue weighted by Crippen LogP contribution is 2.38. The lowest BCUT2D eigenvalue weighted by molar-refractivity contribution is -0.133. The summed E-state index contributed by atoms with van der Waals surface area (Å²) in [6.07, 6.45) is 6.07. The molecule has 0 aliphatic heterocycles. The lowest BCUT2D eigenvalue weighted by Crippen LogP contribution is -2.22. The van der Waals surface area contributed by atoms with Crippen LogP contribution in [-0.2, 0) is 4.79 Å². The number of aromatic nitrogens is 3. The van der Waals surface area contributed by atoms with Gasteiger partial charge in [0.25, 0.3) is 0 Å². The van der Waals surface area contributed by atoms with Gasteiger partial charge in [-0.3, -0.25) is 4.79 Å². The second-order valence-corrected chi connectivity index (χ2v) is 7.09. The summed E-state index contributed by atoms with van der Waals surface area (Å²) in [5.41, 5.74) is 0. The van der Waals surface area contributed by atoms with Gasteiger partial charge in [-0.25, -0.2) is 0 Å². The Morgan fingerprint density at radius 1 is 1.43 bits per heavy atom. The molecule has 1 aliphatic carbocycles. The molecule has 0 amide bonds. The van der Waals surface area contributed by atoms with E-state index in [0.29, 0.717) is 12.0 Å². The molecule has 1 aliphatic rings. The Kier molecular flexibility index (Phi) is 5.67. The number of rotatable bonds is 6. The standard InChI is InChI=1S/C15H25N3O2S/c1-4-11-6-5-7-12(8-11)18-14(10(2)3)16-17-15(18)21-9-13(19)20/h10-12H,4-9H2,1-3H3,(H,19,20). The zero-order valence-corrected chi connectivity index (χ0v) is 13.9. The first-order chi connectivity index (χ1) is 10.0. The van der Waals surface area contributed by atoms with Crippen molar-refractivity contribution in [3.8, 4) is 0 Å². The highest BCUT2D eigenvalue weighted by atomic mass is 32.2. The molecular weight excluding hydrogens is 286 g/mol. The quantitative estimate of drug-likeness (QED) is 0.811. The molecule has 1 N–H and O–H groups in total. The normalized spacial score (nSPS) is 22.7. The van der Waals surface area contributed by atoms with Crippen LogP contribution < -0.4 is 0 Å². The highest BCUT2D eigenvalue weighted by molar-refractivity contribution is 7.99. The van der Waals surface area contributed by atoms with Gasteiger partial charge in [-0.15, -0.1) is 10.2 Å². The second kappa shape index (κ2) is 7.29. The van der Waals surface area contributed by atoms with Gasteiger partial charge in [0.2, 0.25) is 0 Å². The van der Waals surface area contributed by atoms with Crippen LogP contribution in [0.15, 0.2) is 5.16 Å². The van der Waals surface area contributed by atoms with Crippen LogP contribution in [0.1, 0.15) is 70.7 Å². The van der Waals surface area contributed by atoms with Crippen LogP contribution in [0.4, 0.5) is 0 Å². The predicted molar refractivity (Wildman–Crippen MR) is 83.8 cm³/mol. The highest BCUT2D eigenvalue weighted by Gasteiger charge is 2.27. The van der Waals surface area contributed by atoms with Gasteiger partial charge in [-0.2, -0.15) is 0 Å². The van der Waals surface area contributed by atoms with Crippen LogP contribution in [0.25, 0.3) is 0 Å². The summed E-state index contributed by atoms with van der Waals surface area (Å²) in [5.74, 6) is 1.29. The molecule has 6 heteroatoms. The van der Waals surface area contributed by atoms with Gasteiger partial charge in [-0.1, -0.05) is 51.8 Å². The van der Waals surface area contributed by atoms with E-state index < -0.39 is 5.97 Å². The molecule has 2 rings (SSSR count). The Balaban J connectivity index is 2.25. The maximum Gasteiger partial charge on any atom is 0.313 e. The fourth-order valence-corrected chi connectivity index (χ4v) is 3.85. The maximum atomic E-state index is 10.8. The van der Waals surface area contributed by atoms with Crippen LogP contribution in [-0.4, -0.2) is 31.6 Å². The molecular formula is C15H25N3O2S. The average Bonchev–Trinajstić information content (AvgIpc) is 2.89. The molecule has 0 bridgehead atoms. The van der Waals surface area contributed by atoms with Gasteiger partial charge < -0.3 is 9.67 Å². The Bertz CT molecular complexity index is 487. The van der Waals surface area contributed by atoms with E-state index in [-0.39, 0.29) is 5.75 Å². The molecule has 21 heavy (non-hydrogen) atoms. The zero-order chi connectivity index (χ0) is 15.4. The summed E-state index contributed by atoms with van der Waals surface area (Å²) < 4.78 is 2.22. The summed E-state index contributed by atoms with van der Waals surface area (Å²) in [6.45, 7) is 6.49. The largest absolute Gasteiger partial charge is 0.481 e. The Morgan fingerprint density at radius 3 is 2.81 bits per heavy atom. The molecule has 118 valence electrons. The predicted octanol–water partition coefficient (Wildman–Crippen LogP) is 3.72. The molecule has 1 aromatic rings. The van der Waals surface area contributed by atoms with Crippen LogP contribution in [0.2, 0.25) is 0 Å². The molecule has 1 saturated carbocycles. The van der Waals surface area contributed by atoms with Gasteiger partial charge in [0.15, 0.2) is 5.16 Å². The summed E-state index contributed by atoms with van der Waals surface area (Å²) in [7, 11) is 0. The van der Waals surface area contributed by atoms with E-state index in [4.69, 9.17) is 5.11 Å².